The second-order valence-electron chi connectivity index (χ2n) is 6.48. The number of hydrogen-bond donors (Lipinski definition) is 3. The molecule has 1 aromatic carbocycles. The predicted molar refractivity (Wildman–Crippen MR) is 103 cm³/mol. The smallest absolute Gasteiger partial charge is 0.269 e. The fraction of sp³-hybridized carbons (Fsp3) is 0.381. The van der Waals surface area contributed by atoms with E-state index in [2.05, 4.69) is 5.73 Å². The third-order valence-electron chi connectivity index (χ3n) is 4.29. The molecular formula is C21H25NO6. The van der Waals surface area contributed by atoms with E-state index in [-0.39, 0.29) is 12.3 Å². The van der Waals surface area contributed by atoms with Crippen LogP contribution in [-0.4, -0.2) is 20.2 Å². The molecule has 150 valence electrons. The summed E-state index contributed by atoms with van der Waals surface area (Å²) in [6.45, 7) is 1.80. The van der Waals surface area contributed by atoms with Gasteiger partial charge in [-0.3, -0.25) is 10.1 Å². The molecule has 0 radical (unpaired) electrons. The highest BCUT2D eigenvalue weighted by molar-refractivity contribution is 5.34. The number of aliphatic hydroxyl groups excluding tert-OH is 3. The Morgan fingerprint density at radius 1 is 1.21 bits per heavy atom. The van der Waals surface area contributed by atoms with E-state index in [9.17, 15) is 20.3 Å². The maximum absolute atomic E-state index is 10.7. The van der Waals surface area contributed by atoms with Gasteiger partial charge >= 0.3 is 0 Å². The normalized spacial score (nSPS) is 12.9. The molecule has 0 amide bonds. The van der Waals surface area contributed by atoms with Gasteiger partial charge in [-0.2, -0.15) is 0 Å². The second-order valence-corrected chi connectivity index (χ2v) is 6.48. The van der Waals surface area contributed by atoms with Crippen molar-refractivity contribution in [2.45, 2.75) is 51.4 Å². The first-order valence-corrected chi connectivity index (χ1v) is 9.17. The van der Waals surface area contributed by atoms with Crippen LogP contribution in [0.2, 0.25) is 0 Å². The minimum absolute atomic E-state index is 0.0172. The van der Waals surface area contributed by atoms with Gasteiger partial charge in [-0.25, -0.2) is 0 Å². The standard InChI is InChI=1S/C21H25NO6/c1-2-4-15(5-3-6-19(24)21-12-11-18(14-23)28-21)13-20(25)16-7-9-17(10-8-16)22(26)27/h3,7-12,19-20,23-25H,2,4,6,13-14H2,1H3/t5?,19-,20-/m1/s1. The topological polar surface area (TPSA) is 117 Å². The Bertz CT molecular complexity index is 833. The van der Waals surface area contributed by atoms with E-state index < -0.39 is 17.1 Å². The number of furan rings is 1. The summed E-state index contributed by atoms with van der Waals surface area (Å²) in [7, 11) is 0. The molecule has 7 heteroatoms. The number of nitrogens with zero attached hydrogens (tertiary/aromatic N) is 1. The van der Waals surface area contributed by atoms with Crippen LogP contribution in [0.25, 0.3) is 0 Å². The largest absolute Gasteiger partial charge is 0.461 e. The molecule has 0 aliphatic heterocycles. The van der Waals surface area contributed by atoms with Gasteiger partial charge in [-0.05, 0) is 47.9 Å². The number of non-ortho nitro benzene ring substituents is 1. The zero-order chi connectivity index (χ0) is 20.5. The lowest BCUT2D eigenvalue weighted by Crippen LogP contribution is -2.00. The first kappa shape index (κ1) is 21.6. The van der Waals surface area contributed by atoms with E-state index in [1.165, 1.54) is 12.1 Å². The van der Waals surface area contributed by atoms with Crippen LogP contribution in [0.15, 0.2) is 58.2 Å². The Kier molecular flexibility index (Phi) is 8.17. The van der Waals surface area contributed by atoms with Crippen molar-refractivity contribution < 1.29 is 24.7 Å². The summed E-state index contributed by atoms with van der Waals surface area (Å²) >= 11 is 0. The van der Waals surface area contributed by atoms with Crippen LogP contribution >= 0.6 is 0 Å². The SMILES string of the molecule is CCCC(=C=CC[C@@H](O)c1ccc(CO)o1)C[C@@H](O)c1ccc([N+](=O)[O-])cc1. The maximum atomic E-state index is 10.7. The fourth-order valence-electron chi connectivity index (χ4n) is 2.79. The van der Waals surface area contributed by atoms with E-state index in [4.69, 9.17) is 9.52 Å². The van der Waals surface area contributed by atoms with Crippen LogP contribution in [-0.2, 0) is 6.61 Å². The molecule has 0 unspecified atom stereocenters. The van der Waals surface area contributed by atoms with E-state index in [0.29, 0.717) is 29.9 Å². The van der Waals surface area contributed by atoms with E-state index in [0.717, 1.165) is 18.4 Å². The molecule has 0 saturated carbocycles. The maximum Gasteiger partial charge on any atom is 0.269 e. The lowest BCUT2D eigenvalue weighted by atomic mass is 9.98. The van der Waals surface area contributed by atoms with Crippen molar-refractivity contribution in [1.29, 1.82) is 0 Å². The molecule has 1 aromatic heterocycles. The number of nitro groups is 1. The minimum atomic E-state index is -0.838. The van der Waals surface area contributed by atoms with Gasteiger partial charge in [0.15, 0.2) is 0 Å². The van der Waals surface area contributed by atoms with Crippen molar-refractivity contribution in [2.24, 2.45) is 0 Å². The Morgan fingerprint density at radius 3 is 2.50 bits per heavy atom. The van der Waals surface area contributed by atoms with Crippen molar-refractivity contribution >= 4 is 5.69 Å². The monoisotopic (exact) mass is 387 g/mol. The zero-order valence-corrected chi connectivity index (χ0v) is 15.7. The van der Waals surface area contributed by atoms with E-state index >= 15 is 0 Å². The predicted octanol–water partition coefficient (Wildman–Crippen LogP) is 4.11. The van der Waals surface area contributed by atoms with Crippen molar-refractivity contribution in [1.82, 2.24) is 0 Å². The molecule has 0 saturated heterocycles. The van der Waals surface area contributed by atoms with Crippen LogP contribution in [0, 0.1) is 10.1 Å². The molecule has 3 N–H and O–H groups in total. The molecule has 1 heterocycles. The average Bonchev–Trinajstić information content (AvgIpc) is 3.17. The summed E-state index contributed by atoms with van der Waals surface area (Å²) < 4.78 is 5.31. The summed E-state index contributed by atoms with van der Waals surface area (Å²) in [5.74, 6) is 0.775. The van der Waals surface area contributed by atoms with E-state index in [1.54, 1.807) is 30.3 Å². The molecule has 0 fully saturated rings. The highest BCUT2D eigenvalue weighted by Crippen LogP contribution is 2.25. The first-order valence-electron chi connectivity index (χ1n) is 9.17. The molecule has 7 nitrogen and oxygen atoms in total. The van der Waals surface area contributed by atoms with Gasteiger partial charge in [-0.1, -0.05) is 13.3 Å². The summed E-state index contributed by atoms with van der Waals surface area (Å²) in [6, 6.07) is 9.08. The molecule has 0 aliphatic rings. The second kappa shape index (κ2) is 10.6. The van der Waals surface area contributed by atoms with Crippen LogP contribution < -0.4 is 0 Å². The molecule has 28 heavy (non-hydrogen) atoms. The van der Waals surface area contributed by atoms with Gasteiger partial charge in [0.2, 0.25) is 0 Å². The van der Waals surface area contributed by atoms with Crippen LogP contribution in [0.3, 0.4) is 0 Å². The van der Waals surface area contributed by atoms with Gasteiger partial charge < -0.3 is 19.7 Å². The Hall–Kier alpha value is -2.70. The van der Waals surface area contributed by atoms with Crippen LogP contribution in [0.1, 0.15) is 61.9 Å². The lowest BCUT2D eigenvalue weighted by Gasteiger charge is -2.12. The highest BCUT2D eigenvalue weighted by atomic mass is 16.6. The number of rotatable bonds is 10. The van der Waals surface area contributed by atoms with Crippen LogP contribution in [0.4, 0.5) is 5.69 Å². The highest BCUT2D eigenvalue weighted by Gasteiger charge is 2.13. The quantitative estimate of drug-likeness (QED) is 0.321. The summed E-state index contributed by atoms with van der Waals surface area (Å²) in [6.07, 6.45) is 2.35. The molecule has 2 aromatic rings. The minimum Gasteiger partial charge on any atom is -0.461 e. The summed E-state index contributed by atoms with van der Waals surface area (Å²) in [4.78, 5) is 10.2. The van der Waals surface area contributed by atoms with Gasteiger partial charge in [0.25, 0.3) is 5.69 Å². The van der Waals surface area contributed by atoms with Crippen molar-refractivity contribution in [3.8, 4) is 0 Å². The summed E-state index contributed by atoms with van der Waals surface area (Å²) in [5, 5.41) is 40.3. The average molecular weight is 387 g/mol. The molecule has 2 atom stereocenters. The number of aliphatic hydroxyl groups is 3. The molecule has 0 bridgehead atoms. The zero-order valence-electron chi connectivity index (χ0n) is 15.7. The Labute approximate surface area is 163 Å². The molecule has 2 rings (SSSR count). The lowest BCUT2D eigenvalue weighted by molar-refractivity contribution is -0.384. The molecule has 0 aliphatic carbocycles. The van der Waals surface area contributed by atoms with Crippen molar-refractivity contribution in [2.75, 3.05) is 0 Å². The number of hydrogen-bond acceptors (Lipinski definition) is 6. The Balaban J connectivity index is 2.03. The molecular weight excluding hydrogens is 362 g/mol. The fourth-order valence-corrected chi connectivity index (χ4v) is 2.79. The number of benzene rings is 1. The van der Waals surface area contributed by atoms with Gasteiger partial charge in [0.1, 0.15) is 24.2 Å². The van der Waals surface area contributed by atoms with Gasteiger partial charge in [-0.15, -0.1) is 5.73 Å². The number of nitro benzene ring substituents is 1. The van der Waals surface area contributed by atoms with Gasteiger partial charge in [0, 0.05) is 25.0 Å². The van der Waals surface area contributed by atoms with Crippen molar-refractivity contribution in [3.63, 3.8) is 0 Å². The summed E-state index contributed by atoms with van der Waals surface area (Å²) in [5.41, 5.74) is 4.63. The van der Waals surface area contributed by atoms with Gasteiger partial charge in [0.05, 0.1) is 11.0 Å². The van der Waals surface area contributed by atoms with E-state index in [1.807, 2.05) is 6.92 Å². The molecule has 0 spiro atoms. The third-order valence-corrected chi connectivity index (χ3v) is 4.29. The first-order chi connectivity index (χ1) is 13.4. The van der Waals surface area contributed by atoms with Crippen LogP contribution in [0.5, 0.6) is 0 Å². The third kappa shape index (κ3) is 6.18. The Morgan fingerprint density at radius 2 is 1.93 bits per heavy atom. The van der Waals surface area contributed by atoms with Crippen molar-refractivity contribution in [3.05, 3.63) is 81.0 Å².